The zero-order chi connectivity index (χ0) is 14.4. The summed E-state index contributed by atoms with van der Waals surface area (Å²) in [5.41, 5.74) is 1.58. The Kier molecular flexibility index (Phi) is 4.10. The molecule has 98 valence electrons. The lowest BCUT2D eigenvalue weighted by atomic mass is 10.2. The van der Waals surface area contributed by atoms with Crippen LogP contribution in [0.2, 0.25) is 0 Å². The van der Waals surface area contributed by atoms with Crippen LogP contribution < -0.4 is 5.32 Å². The van der Waals surface area contributed by atoms with Crippen LogP contribution in [0.25, 0.3) is 11.5 Å². The van der Waals surface area contributed by atoms with Crippen LogP contribution in [0.15, 0.2) is 40.6 Å². The van der Waals surface area contributed by atoms with Crippen molar-refractivity contribution in [2.75, 3.05) is 5.32 Å². The lowest BCUT2D eigenvalue weighted by Gasteiger charge is -2.00. The van der Waals surface area contributed by atoms with Crippen LogP contribution in [0.4, 0.5) is 5.69 Å². The van der Waals surface area contributed by atoms with Gasteiger partial charge in [-0.2, -0.15) is 15.5 Å². The van der Waals surface area contributed by atoms with Crippen LogP contribution >= 0.6 is 0 Å². The minimum Gasteiger partial charge on any atom is -0.360 e. The molecule has 6 heteroatoms. The third-order valence-electron chi connectivity index (χ3n) is 2.54. The molecule has 1 N–H and O–H groups in total. The number of nitriles is 2. The van der Waals surface area contributed by atoms with Gasteiger partial charge in [0, 0.05) is 23.9 Å². The van der Waals surface area contributed by atoms with Gasteiger partial charge in [0.05, 0.1) is 0 Å². The van der Waals surface area contributed by atoms with E-state index in [1.807, 2.05) is 19.1 Å². The third-order valence-corrected chi connectivity index (χ3v) is 2.54. The summed E-state index contributed by atoms with van der Waals surface area (Å²) < 4.78 is 5.13. The van der Waals surface area contributed by atoms with Gasteiger partial charge in [-0.05, 0) is 24.3 Å². The zero-order valence-electron chi connectivity index (χ0n) is 10.8. The Morgan fingerprint density at radius 1 is 1.30 bits per heavy atom. The van der Waals surface area contributed by atoms with Crippen LogP contribution in [0, 0.1) is 22.7 Å². The van der Waals surface area contributed by atoms with Crippen molar-refractivity contribution in [2.45, 2.75) is 13.3 Å². The number of aryl methyl sites for hydroxylation is 1. The summed E-state index contributed by atoms with van der Waals surface area (Å²) >= 11 is 0. The summed E-state index contributed by atoms with van der Waals surface area (Å²) in [6, 6.07) is 10.8. The first-order chi connectivity index (χ1) is 9.76. The smallest absolute Gasteiger partial charge is 0.257 e. The van der Waals surface area contributed by atoms with Crippen LogP contribution in [-0.2, 0) is 6.42 Å². The largest absolute Gasteiger partial charge is 0.360 e. The molecule has 2 aromatic rings. The van der Waals surface area contributed by atoms with Gasteiger partial charge >= 0.3 is 0 Å². The summed E-state index contributed by atoms with van der Waals surface area (Å²) in [6.45, 7) is 1.95. The number of benzene rings is 1. The molecule has 0 spiro atoms. The fourth-order valence-corrected chi connectivity index (χ4v) is 1.47. The van der Waals surface area contributed by atoms with Crippen LogP contribution in [0.1, 0.15) is 12.7 Å². The van der Waals surface area contributed by atoms with Crippen LogP contribution in [-0.4, -0.2) is 10.1 Å². The Morgan fingerprint density at radius 2 is 2.00 bits per heavy atom. The van der Waals surface area contributed by atoms with Crippen molar-refractivity contribution < 1.29 is 4.52 Å². The average molecular weight is 265 g/mol. The van der Waals surface area contributed by atoms with E-state index in [9.17, 15) is 0 Å². The number of rotatable bonds is 4. The summed E-state index contributed by atoms with van der Waals surface area (Å²) in [6.07, 6.45) is 2.08. The predicted molar refractivity (Wildman–Crippen MR) is 72.0 cm³/mol. The number of allylic oxidation sites excluding steroid dienone is 1. The first kappa shape index (κ1) is 13.3. The SMILES string of the molecule is CCc1noc(-c2ccc(NC=C(C#N)C#N)cc2)n1. The van der Waals surface area contributed by atoms with Crippen molar-refractivity contribution in [1.82, 2.24) is 10.1 Å². The van der Waals surface area contributed by atoms with Crippen molar-refractivity contribution in [1.29, 1.82) is 10.5 Å². The molecule has 0 saturated carbocycles. The van der Waals surface area contributed by atoms with Gasteiger partial charge in [-0.3, -0.25) is 0 Å². The van der Waals surface area contributed by atoms with E-state index in [1.54, 1.807) is 24.3 Å². The van der Waals surface area contributed by atoms with Gasteiger partial charge in [0.2, 0.25) is 0 Å². The van der Waals surface area contributed by atoms with Gasteiger partial charge in [-0.1, -0.05) is 12.1 Å². The lowest BCUT2D eigenvalue weighted by molar-refractivity contribution is 0.423. The molecule has 0 saturated heterocycles. The average Bonchev–Trinajstić information content (AvgIpc) is 2.98. The van der Waals surface area contributed by atoms with Crippen molar-refractivity contribution in [3.05, 3.63) is 41.9 Å². The number of nitrogens with zero attached hydrogens (tertiary/aromatic N) is 4. The van der Waals surface area contributed by atoms with E-state index in [4.69, 9.17) is 15.0 Å². The highest BCUT2D eigenvalue weighted by Gasteiger charge is 2.06. The molecule has 0 aliphatic heterocycles. The molecule has 0 fully saturated rings. The first-order valence-corrected chi connectivity index (χ1v) is 5.96. The van der Waals surface area contributed by atoms with Crippen LogP contribution in [0.5, 0.6) is 0 Å². The number of hydrogen-bond acceptors (Lipinski definition) is 6. The zero-order valence-corrected chi connectivity index (χ0v) is 10.8. The van der Waals surface area contributed by atoms with Gasteiger partial charge in [-0.15, -0.1) is 0 Å². The summed E-state index contributed by atoms with van der Waals surface area (Å²) in [7, 11) is 0. The Hall–Kier alpha value is -3.12. The third kappa shape index (κ3) is 3.01. The van der Waals surface area contributed by atoms with Gasteiger partial charge in [0.15, 0.2) is 5.82 Å². The summed E-state index contributed by atoms with van der Waals surface area (Å²) in [5.74, 6) is 1.14. The van der Waals surface area contributed by atoms with Gasteiger partial charge in [0.25, 0.3) is 5.89 Å². The second-order valence-electron chi connectivity index (χ2n) is 3.87. The molecule has 1 aromatic heterocycles. The normalized spacial score (nSPS) is 9.35. The number of hydrogen-bond donors (Lipinski definition) is 1. The van der Waals surface area contributed by atoms with Crippen molar-refractivity contribution >= 4 is 5.69 Å². The van der Waals surface area contributed by atoms with E-state index in [0.717, 1.165) is 17.7 Å². The number of nitrogens with one attached hydrogen (secondary N) is 1. The Labute approximate surface area is 116 Å². The van der Waals surface area contributed by atoms with Crippen molar-refractivity contribution in [2.24, 2.45) is 0 Å². The van der Waals surface area contributed by atoms with Crippen LogP contribution in [0.3, 0.4) is 0 Å². The summed E-state index contributed by atoms with van der Waals surface area (Å²) in [4.78, 5) is 4.23. The van der Waals surface area contributed by atoms with Gasteiger partial charge < -0.3 is 9.84 Å². The molecular weight excluding hydrogens is 254 g/mol. The molecule has 2 rings (SSSR count). The highest BCUT2D eigenvalue weighted by atomic mass is 16.5. The molecule has 1 heterocycles. The molecule has 0 aliphatic carbocycles. The maximum Gasteiger partial charge on any atom is 0.257 e. The second-order valence-corrected chi connectivity index (χ2v) is 3.87. The van der Waals surface area contributed by atoms with E-state index in [0.29, 0.717) is 11.7 Å². The monoisotopic (exact) mass is 265 g/mol. The van der Waals surface area contributed by atoms with Crippen molar-refractivity contribution in [3.63, 3.8) is 0 Å². The Bertz CT molecular complexity index is 684. The first-order valence-electron chi connectivity index (χ1n) is 5.96. The molecular formula is C14H11N5O. The number of aromatic nitrogens is 2. The van der Waals surface area contributed by atoms with Gasteiger partial charge in [0.1, 0.15) is 17.7 Å². The molecule has 0 amide bonds. The Balaban J connectivity index is 2.13. The highest BCUT2D eigenvalue weighted by molar-refractivity contribution is 5.59. The molecule has 0 radical (unpaired) electrons. The lowest BCUT2D eigenvalue weighted by Crippen LogP contribution is -1.89. The van der Waals surface area contributed by atoms with Gasteiger partial charge in [-0.25, -0.2) is 0 Å². The van der Waals surface area contributed by atoms with E-state index in [2.05, 4.69) is 15.5 Å². The molecule has 0 bridgehead atoms. The molecule has 0 atom stereocenters. The maximum absolute atomic E-state index is 8.61. The molecule has 0 unspecified atom stereocenters. The number of anilines is 1. The molecule has 20 heavy (non-hydrogen) atoms. The fraction of sp³-hybridized carbons (Fsp3) is 0.143. The second kappa shape index (κ2) is 6.17. The molecule has 1 aromatic carbocycles. The highest BCUT2D eigenvalue weighted by Crippen LogP contribution is 2.19. The predicted octanol–water partition coefficient (Wildman–Crippen LogP) is 2.64. The molecule has 6 nitrogen and oxygen atoms in total. The maximum atomic E-state index is 8.61. The fourth-order valence-electron chi connectivity index (χ4n) is 1.47. The topological polar surface area (TPSA) is 98.5 Å². The molecule has 0 aliphatic rings. The minimum absolute atomic E-state index is 0.0126. The Morgan fingerprint density at radius 3 is 2.55 bits per heavy atom. The minimum atomic E-state index is 0.0126. The van der Waals surface area contributed by atoms with E-state index in [-0.39, 0.29) is 5.57 Å². The quantitative estimate of drug-likeness (QED) is 0.853. The van der Waals surface area contributed by atoms with E-state index in [1.165, 1.54) is 6.20 Å². The van der Waals surface area contributed by atoms with Crippen molar-refractivity contribution in [3.8, 4) is 23.6 Å². The standard InChI is InChI=1S/C14H11N5O/c1-2-13-18-14(20-19-13)11-3-5-12(6-4-11)17-9-10(7-15)8-16/h3-6,9,17H,2H2,1H3. The summed E-state index contributed by atoms with van der Waals surface area (Å²) in [5, 5.41) is 23.9. The van der Waals surface area contributed by atoms with E-state index < -0.39 is 0 Å². The van der Waals surface area contributed by atoms with E-state index >= 15 is 0 Å².